The van der Waals surface area contributed by atoms with Gasteiger partial charge in [0.25, 0.3) is 0 Å². The van der Waals surface area contributed by atoms with E-state index in [-0.39, 0.29) is 13.2 Å². The van der Waals surface area contributed by atoms with Crippen LogP contribution in [0.5, 0.6) is 0 Å². The van der Waals surface area contributed by atoms with Crippen LogP contribution in [0, 0.1) is 6.92 Å². The molecular formula is C17H25N3O3. The van der Waals surface area contributed by atoms with Gasteiger partial charge in [-0.1, -0.05) is 12.1 Å². The van der Waals surface area contributed by atoms with E-state index in [0.29, 0.717) is 32.7 Å². The molecule has 0 aromatic heterocycles. The average molecular weight is 319 g/mol. The van der Waals surface area contributed by atoms with Gasteiger partial charge in [0.1, 0.15) is 0 Å². The maximum atomic E-state index is 12.3. The predicted molar refractivity (Wildman–Crippen MR) is 89.3 cm³/mol. The smallest absolute Gasteiger partial charge is 0.312 e. The summed E-state index contributed by atoms with van der Waals surface area (Å²) in [6, 6.07) is 8.28. The highest BCUT2D eigenvalue weighted by molar-refractivity contribution is 6.34. The van der Waals surface area contributed by atoms with Crippen molar-refractivity contribution in [1.82, 2.24) is 9.80 Å². The summed E-state index contributed by atoms with van der Waals surface area (Å²) in [5.41, 5.74) is 2.36. The molecule has 1 aromatic rings. The number of carbonyl (C=O) groups is 2. The van der Waals surface area contributed by atoms with E-state index in [1.165, 1.54) is 10.5 Å². The van der Waals surface area contributed by atoms with Crippen LogP contribution in [0.25, 0.3) is 0 Å². The summed E-state index contributed by atoms with van der Waals surface area (Å²) in [6.07, 6.45) is 0. The largest absolute Gasteiger partial charge is 0.395 e. The third kappa shape index (κ3) is 4.22. The van der Waals surface area contributed by atoms with Crippen molar-refractivity contribution in [3.8, 4) is 0 Å². The number of piperazine rings is 1. The van der Waals surface area contributed by atoms with Gasteiger partial charge in [-0.25, -0.2) is 0 Å². The molecule has 1 N–H and O–H groups in total. The first-order valence-corrected chi connectivity index (χ1v) is 8.07. The molecule has 0 unspecified atom stereocenters. The molecule has 0 radical (unpaired) electrons. The summed E-state index contributed by atoms with van der Waals surface area (Å²) in [6.45, 7) is 6.86. The van der Waals surface area contributed by atoms with Gasteiger partial charge in [0.2, 0.25) is 0 Å². The van der Waals surface area contributed by atoms with Crippen LogP contribution in [0.15, 0.2) is 24.3 Å². The van der Waals surface area contributed by atoms with Gasteiger partial charge in [0.05, 0.1) is 6.61 Å². The van der Waals surface area contributed by atoms with Gasteiger partial charge >= 0.3 is 11.8 Å². The average Bonchev–Trinajstić information content (AvgIpc) is 2.58. The van der Waals surface area contributed by atoms with Crippen LogP contribution >= 0.6 is 0 Å². The molecule has 6 heteroatoms. The minimum absolute atomic E-state index is 0.131. The van der Waals surface area contributed by atoms with Crippen molar-refractivity contribution in [3.05, 3.63) is 29.8 Å². The number of rotatable bonds is 4. The summed E-state index contributed by atoms with van der Waals surface area (Å²) >= 11 is 0. The first kappa shape index (κ1) is 17.3. The molecule has 0 spiro atoms. The highest BCUT2D eigenvalue weighted by atomic mass is 16.3. The Morgan fingerprint density at radius 3 is 2.48 bits per heavy atom. The Hall–Kier alpha value is -2.08. The number of amides is 2. The molecule has 1 saturated heterocycles. The summed E-state index contributed by atoms with van der Waals surface area (Å²) in [5, 5.41) is 8.97. The lowest BCUT2D eigenvalue weighted by atomic mass is 10.2. The molecule has 1 fully saturated rings. The van der Waals surface area contributed by atoms with E-state index in [9.17, 15) is 9.59 Å². The molecule has 1 heterocycles. The van der Waals surface area contributed by atoms with Gasteiger partial charge in [-0.05, 0) is 31.5 Å². The SMILES string of the molecule is CCN(CCO)C(=O)C(=O)N1CCN(c2cccc(C)c2)CC1. The molecular weight excluding hydrogens is 294 g/mol. The number of likely N-dealkylation sites (N-methyl/N-ethyl adjacent to an activating group) is 1. The third-order valence-electron chi connectivity index (χ3n) is 4.16. The lowest BCUT2D eigenvalue weighted by Gasteiger charge is -2.36. The Labute approximate surface area is 137 Å². The van der Waals surface area contributed by atoms with Crippen molar-refractivity contribution in [2.24, 2.45) is 0 Å². The molecule has 23 heavy (non-hydrogen) atoms. The van der Waals surface area contributed by atoms with Crippen LogP contribution in [0.4, 0.5) is 5.69 Å². The quantitative estimate of drug-likeness (QED) is 0.820. The fourth-order valence-electron chi connectivity index (χ4n) is 2.79. The first-order valence-electron chi connectivity index (χ1n) is 8.07. The molecule has 2 amide bonds. The maximum absolute atomic E-state index is 12.3. The van der Waals surface area contributed by atoms with E-state index in [0.717, 1.165) is 5.69 Å². The zero-order valence-electron chi connectivity index (χ0n) is 13.9. The fourth-order valence-corrected chi connectivity index (χ4v) is 2.79. The van der Waals surface area contributed by atoms with E-state index >= 15 is 0 Å². The van der Waals surface area contributed by atoms with Gasteiger partial charge in [0.15, 0.2) is 0 Å². The number of nitrogens with zero attached hydrogens (tertiary/aromatic N) is 3. The summed E-state index contributed by atoms with van der Waals surface area (Å²) < 4.78 is 0. The number of aliphatic hydroxyl groups is 1. The topological polar surface area (TPSA) is 64.1 Å². The van der Waals surface area contributed by atoms with Gasteiger partial charge in [-0.2, -0.15) is 0 Å². The fraction of sp³-hybridized carbons (Fsp3) is 0.529. The molecule has 0 aliphatic carbocycles. The molecule has 1 aliphatic rings. The molecule has 0 atom stereocenters. The third-order valence-corrected chi connectivity index (χ3v) is 4.16. The Kier molecular flexibility index (Phi) is 5.98. The monoisotopic (exact) mass is 319 g/mol. The molecule has 1 aromatic carbocycles. The molecule has 6 nitrogen and oxygen atoms in total. The molecule has 0 saturated carbocycles. The highest BCUT2D eigenvalue weighted by Crippen LogP contribution is 2.18. The number of carbonyl (C=O) groups excluding carboxylic acids is 2. The van der Waals surface area contributed by atoms with E-state index in [1.807, 2.05) is 6.07 Å². The molecule has 1 aliphatic heterocycles. The van der Waals surface area contributed by atoms with Crippen molar-refractivity contribution in [2.75, 3.05) is 50.8 Å². The number of hydrogen-bond donors (Lipinski definition) is 1. The number of aliphatic hydroxyl groups excluding tert-OH is 1. The second-order valence-electron chi connectivity index (χ2n) is 5.73. The van der Waals surface area contributed by atoms with Crippen LogP contribution in [-0.2, 0) is 9.59 Å². The Morgan fingerprint density at radius 1 is 1.22 bits per heavy atom. The lowest BCUT2D eigenvalue weighted by molar-refractivity contribution is -0.152. The zero-order valence-corrected chi connectivity index (χ0v) is 13.9. The molecule has 2 rings (SSSR count). The maximum Gasteiger partial charge on any atom is 0.312 e. The number of hydrogen-bond acceptors (Lipinski definition) is 4. The number of benzene rings is 1. The van der Waals surface area contributed by atoms with Crippen LogP contribution < -0.4 is 4.90 Å². The van der Waals surface area contributed by atoms with Crippen molar-refractivity contribution >= 4 is 17.5 Å². The standard InChI is InChI=1S/C17H25N3O3/c1-3-18(11-12-21)16(22)17(23)20-9-7-19(8-10-20)15-6-4-5-14(2)13-15/h4-6,13,21H,3,7-12H2,1-2H3. The van der Waals surface area contributed by atoms with Crippen LogP contribution in [0.2, 0.25) is 0 Å². The number of anilines is 1. The van der Waals surface area contributed by atoms with E-state index in [1.54, 1.807) is 11.8 Å². The van der Waals surface area contributed by atoms with Crippen LogP contribution in [-0.4, -0.2) is 72.6 Å². The van der Waals surface area contributed by atoms with Crippen LogP contribution in [0.3, 0.4) is 0 Å². The minimum atomic E-state index is -0.523. The first-order chi connectivity index (χ1) is 11.1. The van der Waals surface area contributed by atoms with Crippen LogP contribution in [0.1, 0.15) is 12.5 Å². The van der Waals surface area contributed by atoms with Gasteiger partial charge < -0.3 is 19.8 Å². The summed E-state index contributed by atoms with van der Waals surface area (Å²) in [7, 11) is 0. The number of aryl methyl sites for hydroxylation is 1. The minimum Gasteiger partial charge on any atom is -0.395 e. The van der Waals surface area contributed by atoms with Gasteiger partial charge in [-0.15, -0.1) is 0 Å². The van der Waals surface area contributed by atoms with Gasteiger partial charge in [0, 0.05) is 45.0 Å². The van der Waals surface area contributed by atoms with E-state index in [2.05, 4.69) is 30.0 Å². The predicted octanol–water partition coefficient (Wildman–Crippen LogP) is 0.484. The van der Waals surface area contributed by atoms with E-state index < -0.39 is 11.8 Å². The van der Waals surface area contributed by atoms with Crippen molar-refractivity contribution < 1.29 is 14.7 Å². The second-order valence-corrected chi connectivity index (χ2v) is 5.73. The Bertz CT molecular complexity index is 554. The Balaban J connectivity index is 1.93. The molecule has 126 valence electrons. The normalized spacial score (nSPS) is 14.7. The molecule has 0 bridgehead atoms. The van der Waals surface area contributed by atoms with Crippen molar-refractivity contribution in [2.45, 2.75) is 13.8 Å². The lowest BCUT2D eigenvalue weighted by Crippen LogP contribution is -2.53. The summed E-state index contributed by atoms with van der Waals surface area (Å²) in [4.78, 5) is 29.7. The zero-order chi connectivity index (χ0) is 16.8. The highest BCUT2D eigenvalue weighted by Gasteiger charge is 2.28. The van der Waals surface area contributed by atoms with Gasteiger partial charge in [-0.3, -0.25) is 9.59 Å². The summed E-state index contributed by atoms with van der Waals surface area (Å²) in [5.74, 6) is -0.991. The Morgan fingerprint density at radius 2 is 1.91 bits per heavy atom. The second kappa shape index (κ2) is 7.97. The van der Waals surface area contributed by atoms with E-state index in [4.69, 9.17) is 5.11 Å². The van der Waals surface area contributed by atoms with Crippen molar-refractivity contribution in [1.29, 1.82) is 0 Å². The van der Waals surface area contributed by atoms with Crippen molar-refractivity contribution in [3.63, 3.8) is 0 Å².